The Morgan fingerprint density at radius 1 is 0.974 bits per heavy atom. The molecule has 0 radical (unpaired) electrons. The third-order valence-corrected chi connectivity index (χ3v) is 6.46. The summed E-state index contributed by atoms with van der Waals surface area (Å²) in [6.07, 6.45) is 1.75. The van der Waals surface area contributed by atoms with Crippen LogP contribution in [0.1, 0.15) is 42.0 Å². The van der Waals surface area contributed by atoms with Crippen molar-refractivity contribution in [2.75, 3.05) is 27.9 Å². The van der Waals surface area contributed by atoms with Gasteiger partial charge in [0.2, 0.25) is 5.75 Å². The molecule has 1 atom stereocenters. The van der Waals surface area contributed by atoms with Gasteiger partial charge in [0.25, 0.3) is 5.91 Å². The molecule has 1 N–H and O–H groups in total. The molecule has 0 aliphatic rings. The Labute approximate surface area is 227 Å². The number of halogens is 1. The molecule has 1 aromatic heterocycles. The maximum absolute atomic E-state index is 13.2. The molecule has 8 nitrogen and oxygen atoms in total. The molecule has 9 heteroatoms. The maximum atomic E-state index is 13.2. The summed E-state index contributed by atoms with van der Waals surface area (Å²) in [6.45, 7) is 3.26. The van der Waals surface area contributed by atoms with Gasteiger partial charge in [0.05, 0.1) is 45.0 Å². The smallest absolute Gasteiger partial charge is 0.252 e. The lowest BCUT2D eigenvalue weighted by atomic mass is 10.1. The van der Waals surface area contributed by atoms with Gasteiger partial charge in [0.15, 0.2) is 11.5 Å². The van der Waals surface area contributed by atoms with Crippen molar-refractivity contribution in [1.29, 1.82) is 0 Å². The van der Waals surface area contributed by atoms with Crippen LogP contribution < -0.4 is 24.3 Å². The van der Waals surface area contributed by atoms with Crippen molar-refractivity contribution < 1.29 is 23.7 Å². The van der Waals surface area contributed by atoms with E-state index >= 15 is 0 Å². The van der Waals surface area contributed by atoms with E-state index in [1.165, 1.54) is 21.3 Å². The molecule has 38 heavy (non-hydrogen) atoms. The van der Waals surface area contributed by atoms with Crippen molar-refractivity contribution in [3.8, 4) is 23.0 Å². The van der Waals surface area contributed by atoms with Gasteiger partial charge in [-0.25, -0.2) is 4.98 Å². The van der Waals surface area contributed by atoms with Gasteiger partial charge in [0, 0.05) is 17.1 Å². The zero-order valence-electron chi connectivity index (χ0n) is 22.0. The van der Waals surface area contributed by atoms with Crippen LogP contribution in [0.15, 0.2) is 60.7 Å². The normalized spacial score (nSPS) is 11.7. The predicted molar refractivity (Wildman–Crippen MR) is 148 cm³/mol. The Kier molecular flexibility index (Phi) is 8.97. The summed E-state index contributed by atoms with van der Waals surface area (Å²) in [4.78, 5) is 18.1. The predicted octanol–water partition coefficient (Wildman–Crippen LogP) is 6.07. The Morgan fingerprint density at radius 2 is 1.66 bits per heavy atom. The minimum atomic E-state index is -0.348. The SMILES string of the molecule is COc1cc(C(=O)NC(C)c2nc3ccccc3n2CCCCOc2ccc(Cl)cc2)cc(OC)c1OC. The average Bonchev–Trinajstić information content (AvgIpc) is 3.31. The Hall–Kier alpha value is -3.91. The van der Waals surface area contributed by atoms with Gasteiger partial charge in [-0.1, -0.05) is 23.7 Å². The van der Waals surface area contributed by atoms with Gasteiger partial charge in [-0.15, -0.1) is 0 Å². The van der Waals surface area contributed by atoms with Crippen molar-refractivity contribution in [3.05, 3.63) is 77.1 Å². The summed E-state index contributed by atoms with van der Waals surface area (Å²) < 4.78 is 24.2. The summed E-state index contributed by atoms with van der Waals surface area (Å²) >= 11 is 5.94. The van der Waals surface area contributed by atoms with E-state index < -0.39 is 0 Å². The first-order valence-electron chi connectivity index (χ1n) is 12.4. The summed E-state index contributed by atoms with van der Waals surface area (Å²) in [5, 5.41) is 3.76. The second-order valence-corrected chi connectivity index (χ2v) is 9.17. The molecule has 4 aromatic rings. The first-order valence-corrected chi connectivity index (χ1v) is 12.8. The number of aromatic nitrogens is 2. The highest BCUT2D eigenvalue weighted by atomic mass is 35.5. The fraction of sp³-hybridized carbons (Fsp3) is 0.310. The summed E-state index contributed by atoms with van der Waals surface area (Å²) in [6, 6.07) is 18.2. The molecule has 0 fully saturated rings. The number of ether oxygens (including phenoxy) is 4. The topological polar surface area (TPSA) is 83.8 Å². The number of hydrogen-bond acceptors (Lipinski definition) is 6. The fourth-order valence-electron chi connectivity index (χ4n) is 4.31. The van der Waals surface area contributed by atoms with E-state index in [4.69, 9.17) is 35.5 Å². The van der Waals surface area contributed by atoms with Crippen LogP contribution in [-0.2, 0) is 6.54 Å². The molecule has 3 aromatic carbocycles. The van der Waals surface area contributed by atoms with E-state index in [1.807, 2.05) is 55.5 Å². The van der Waals surface area contributed by atoms with Crippen LogP contribution in [0.5, 0.6) is 23.0 Å². The van der Waals surface area contributed by atoms with Crippen LogP contribution in [0.3, 0.4) is 0 Å². The van der Waals surface area contributed by atoms with E-state index in [1.54, 1.807) is 12.1 Å². The molecule has 0 spiro atoms. The molecule has 0 saturated heterocycles. The minimum Gasteiger partial charge on any atom is -0.494 e. The number of para-hydroxylation sites is 2. The zero-order valence-corrected chi connectivity index (χ0v) is 22.7. The first kappa shape index (κ1) is 27.1. The van der Waals surface area contributed by atoms with Gasteiger partial charge in [-0.2, -0.15) is 0 Å². The molecule has 4 rings (SSSR count). The molecule has 0 bridgehead atoms. The van der Waals surface area contributed by atoms with Crippen molar-refractivity contribution in [2.24, 2.45) is 0 Å². The van der Waals surface area contributed by atoms with E-state index in [9.17, 15) is 4.79 Å². The molecule has 0 saturated carbocycles. The van der Waals surface area contributed by atoms with Crippen molar-refractivity contribution in [3.63, 3.8) is 0 Å². The van der Waals surface area contributed by atoms with E-state index in [-0.39, 0.29) is 11.9 Å². The molecular weight excluding hydrogens is 506 g/mol. The number of unbranched alkanes of at least 4 members (excludes halogenated alkanes) is 1. The second-order valence-electron chi connectivity index (χ2n) is 8.73. The number of imidazole rings is 1. The van der Waals surface area contributed by atoms with Gasteiger partial charge in [0.1, 0.15) is 11.6 Å². The maximum Gasteiger partial charge on any atom is 0.252 e. The van der Waals surface area contributed by atoms with Crippen LogP contribution in [0, 0.1) is 0 Å². The van der Waals surface area contributed by atoms with Crippen molar-refractivity contribution >= 4 is 28.5 Å². The highest BCUT2D eigenvalue weighted by molar-refractivity contribution is 6.30. The number of carbonyl (C=O) groups is 1. The van der Waals surface area contributed by atoms with Crippen LogP contribution >= 0.6 is 11.6 Å². The van der Waals surface area contributed by atoms with Gasteiger partial charge >= 0.3 is 0 Å². The van der Waals surface area contributed by atoms with Gasteiger partial charge in [-0.05, 0) is 68.3 Å². The van der Waals surface area contributed by atoms with E-state index in [0.717, 1.165) is 42.0 Å². The number of fused-ring (bicyclic) bond motifs is 1. The number of nitrogens with one attached hydrogen (secondary N) is 1. The summed E-state index contributed by atoms with van der Waals surface area (Å²) in [5.74, 6) is 2.57. The highest BCUT2D eigenvalue weighted by Gasteiger charge is 2.21. The van der Waals surface area contributed by atoms with E-state index in [0.29, 0.717) is 34.4 Å². The number of aryl methyl sites for hydroxylation is 1. The van der Waals surface area contributed by atoms with Crippen LogP contribution in [0.4, 0.5) is 0 Å². The minimum absolute atomic E-state index is 0.272. The lowest BCUT2D eigenvalue weighted by Gasteiger charge is -2.18. The molecular formula is C29H32ClN3O5. The standard InChI is InChI=1S/C29H32ClN3O5/c1-19(31-29(34)20-17-25(35-2)27(37-4)26(18-20)36-3)28-32-23-9-5-6-10-24(23)33(28)15-7-8-16-38-22-13-11-21(30)12-14-22/h5-6,9-14,17-19H,7-8,15-16H2,1-4H3,(H,31,34). The number of rotatable bonds is 12. The first-order chi connectivity index (χ1) is 18.4. The Bertz CT molecular complexity index is 1360. The third kappa shape index (κ3) is 6.14. The van der Waals surface area contributed by atoms with Crippen LogP contribution in [0.25, 0.3) is 11.0 Å². The lowest BCUT2D eigenvalue weighted by Crippen LogP contribution is -2.29. The summed E-state index contributed by atoms with van der Waals surface area (Å²) in [5.41, 5.74) is 2.30. The number of methoxy groups -OCH3 is 3. The Morgan fingerprint density at radius 3 is 2.32 bits per heavy atom. The number of benzene rings is 3. The molecule has 1 amide bonds. The van der Waals surface area contributed by atoms with Gasteiger partial charge < -0.3 is 28.8 Å². The third-order valence-electron chi connectivity index (χ3n) is 6.20. The number of nitrogens with zero attached hydrogens (tertiary/aromatic N) is 2. The molecule has 1 unspecified atom stereocenters. The van der Waals surface area contributed by atoms with Crippen LogP contribution in [0.2, 0.25) is 5.02 Å². The second kappa shape index (κ2) is 12.6. The average molecular weight is 538 g/mol. The number of hydrogen-bond donors (Lipinski definition) is 1. The van der Waals surface area contributed by atoms with E-state index in [2.05, 4.69) is 9.88 Å². The quantitative estimate of drug-likeness (QED) is 0.221. The van der Waals surface area contributed by atoms with Crippen LogP contribution in [-0.4, -0.2) is 43.4 Å². The Balaban J connectivity index is 1.47. The summed E-state index contributed by atoms with van der Waals surface area (Å²) in [7, 11) is 4.56. The largest absolute Gasteiger partial charge is 0.494 e. The zero-order chi connectivity index (χ0) is 27.1. The fourth-order valence-corrected chi connectivity index (χ4v) is 4.44. The molecule has 200 valence electrons. The highest BCUT2D eigenvalue weighted by Crippen LogP contribution is 2.38. The molecule has 0 aliphatic heterocycles. The van der Waals surface area contributed by atoms with Gasteiger partial charge in [-0.3, -0.25) is 4.79 Å². The number of amides is 1. The van der Waals surface area contributed by atoms with Crippen molar-refractivity contribution in [2.45, 2.75) is 32.4 Å². The van der Waals surface area contributed by atoms with Crippen molar-refractivity contribution in [1.82, 2.24) is 14.9 Å². The molecule has 1 heterocycles. The monoisotopic (exact) mass is 537 g/mol. The lowest BCUT2D eigenvalue weighted by molar-refractivity contribution is 0.0936. The molecule has 0 aliphatic carbocycles. The number of carbonyl (C=O) groups excluding carboxylic acids is 1.